The molecule has 1 aromatic carbocycles. The van der Waals surface area contributed by atoms with E-state index in [0.29, 0.717) is 5.69 Å². The second kappa shape index (κ2) is 5.30. The van der Waals surface area contributed by atoms with Gasteiger partial charge in [0.15, 0.2) is 11.6 Å². The predicted octanol–water partition coefficient (Wildman–Crippen LogP) is 3.05. The van der Waals surface area contributed by atoms with Crippen molar-refractivity contribution in [1.82, 2.24) is 9.78 Å². The first-order valence-corrected chi connectivity index (χ1v) is 6.10. The molecule has 0 amide bonds. The van der Waals surface area contributed by atoms with Crippen LogP contribution in [-0.4, -0.2) is 16.9 Å². The Morgan fingerprint density at radius 1 is 1.42 bits per heavy atom. The first kappa shape index (κ1) is 13.4. The van der Waals surface area contributed by atoms with Gasteiger partial charge in [0.1, 0.15) is 0 Å². The average molecular weight is 263 g/mol. The summed E-state index contributed by atoms with van der Waals surface area (Å²) in [5.41, 5.74) is 2.53. The molecule has 0 aliphatic heterocycles. The number of ether oxygens (including phenoxy) is 1. The van der Waals surface area contributed by atoms with Crippen molar-refractivity contribution in [2.24, 2.45) is 7.05 Å². The van der Waals surface area contributed by atoms with E-state index in [2.05, 4.69) is 10.4 Å². The maximum absolute atomic E-state index is 13.8. The maximum atomic E-state index is 13.8. The SMILES string of the molecule is COc1c(F)cc(C)cc1NC(C)c1cnn(C)c1. The molecule has 1 heterocycles. The largest absolute Gasteiger partial charge is 0.492 e. The molecule has 5 heteroatoms. The third-order valence-corrected chi connectivity index (χ3v) is 2.99. The lowest BCUT2D eigenvalue weighted by molar-refractivity contribution is 0.388. The maximum Gasteiger partial charge on any atom is 0.177 e. The van der Waals surface area contributed by atoms with E-state index in [1.165, 1.54) is 13.2 Å². The van der Waals surface area contributed by atoms with E-state index in [4.69, 9.17) is 4.74 Å². The number of methoxy groups -OCH3 is 1. The number of rotatable bonds is 4. The number of hydrogen-bond donors (Lipinski definition) is 1. The van der Waals surface area contributed by atoms with Crippen LogP contribution in [0.2, 0.25) is 0 Å². The van der Waals surface area contributed by atoms with Gasteiger partial charge in [-0.3, -0.25) is 4.68 Å². The second-order valence-corrected chi connectivity index (χ2v) is 4.64. The van der Waals surface area contributed by atoms with Crippen LogP contribution in [0.4, 0.5) is 10.1 Å². The molecule has 2 aromatic rings. The molecule has 0 bridgehead atoms. The highest BCUT2D eigenvalue weighted by molar-refractivity contribution is 5.59. The van der Waals surface area contributed by atoms with Crippen LogP contribution in [0.5, 0.6) is 5.75 Å². The minimum atomic E-state index is -0.358. The fourth-order valence-corrected chi connectivity index (χ4v) is 2.02. The highest BCUT2D eigenvalue weighted by Crippen LogP contribution is 2.31. The van der Waals surface area contributed by atoms with Gasteiger partial charge in [-0.1, -0.05) is 0 Å². The summed E-state index contributed by atoms with van der Waals surface area (Å²) >= 11 is 0. The standard InChI is InChI=1S/C14H18FN3O/c1-9-5-12(15)14(19-4)13(6-9)17-10(2)11-7-16-18(3)8-11/h5-8,10,17H,1-4H3. The van der Waals surface area contributed by atoms with Crippen molar-refractivity contribution in [2.75, 3.05) is 12.4 Å². The molecule has 0 saturated carbocycles. The Morgan fingerprint density at radius 2 is 2.16 bits per heavy atom. The molecule has 1 atom stereocenters. The average Bonchev–Trinajstić information content (AvgIpc) is 2.75. The number of nitrogens with one attached hydrogen (secondary N) is 1. The molecule has 0 aliphatic rings. The van der Waals surface area contributed by atoms with E-state index in [9.17, 15) is 4.39 Å². The third-order valence-electron chi connectivity index (χ3n) is 2.99. The molecule has 0 radical (unpaired) electrons. The van der Waals surface area contributed by atoms with Crippen LogP contribution in [0.15, 0.2) is 24.5 Å². The molecule has 102 valence electrons. The zero-order valence-corrected chi connectivity index (χ0v) is 11.6. The molecule has 0 aliphatic carbocycles. The molecule has 1 N–H and O–H groups in total. The van der Waals surface area contributed by atoms with Crippen LogP contribution < -0.4 is 10.1 Å². The fraction of sp³-hybridized carbons (Fsp3) is 0.357. The summed E-state index contributed by atoms with van der Waals surface area (Å²) in [4.78, 5) is 0. The Balaban J connectivity index is 2.27. The molecule has 0 fully saturated rings. The van der Waals surface area contributed by atoms with Gasteiger partial charge in [0.2, 0.25) is 0 Å². The van der Waals surface area contributed by atoms with Crippen LogP contribution in [0.1, 0.15) is 24.1 Å². The Kier molecular flexibility index (Phi) is 3.74. The van der Waals surface area contributed by atoms with E-state index < -0.39 is 0 Å². The predicted molar refractivity (Wildman–Crippen MR) is 72.9 cm³/mol. The Labute approximate surface area is 112 Å². The van der Waals surface area contributed by atoms with Gasteiger partial charge in [-0.15, -0.1) is 0 Å². The van der Waals surface area contributed by atoms with Crippen LogP contribution in [0, 0.1) is 12.7 Å². The topological polar surface area (TPSA) is 39.1 Å². The number of nitrogens with zero attached hydrogens (tertiary/aromatic N) is 2. The monoisotopic (exact) mass is 263 g/mol. The lowest BCUT2D eigenvalue weighted by atomic mass is 10.1. The minimum absolute atomic E-state index is 0.0174. The summed E-state index contributed by atoms with van der Waals surface area (Å²) in [7, 11) is 3.33. The van der Waals surface area contributed by atoms with Crippen LogP contribution >= 0.6 is 0 Å². The molecule has 19 heavy (non-hydrogen) atoms. The van der Waals surface area contributed by atoms with E-state index >= 15 is 0 Å². The van der Waals surface area contributed by atoms with Gasteiger partial charge in [0.25, 0.3) is 0 Å². The van der Waals surface area contributed by atoms with E-state index in [0.717, 1.165) is 11.1 Å². The van der Waals surface area contributed by atoms with E-state index in [1.807, 2.05) is 33.2 Å². The zero-order valence-electron chi connectivity index (χ0n) is 11.6. The van der Waals surface area contributed by atoms with Crippen molar-refractivity contribution in [2.45, 2.75) is 19.9 Å². The van der Waals surface area contributed by atoms with E-state index in [1.54, 1.807) is 10.9 Å². The molecular formula is C14H18FN3O. The van der Waals surface area contributed by atoms with Crippen molar-refractivity contribution in [3.8, 4) is 5.75 Å². The lowest BCUT2D eigenvalue weighted by Crippen LogP contribution is -2.08. The third kappa shape index (κ3) is 2.86. The molecule has 4 nitrogen and oxygen atoms in total. The second-order valence-electron chi connectivity index (χ2n) is 4.64. The Bertz CT molecular complexity index is 580. The Hall–Kier alpha value is -2.04. The van der Waals surface area contributed by atoms with Crippen LogP contribution in [0.25, 0.3) is 0 Å². The fourth-order valence-electron chi connectivity index (χ4n) is 2.02. The lowest BCUT2D eigenvalue weighted by Gasteiger charge is -2.17. The summed E-state index contributed by atoms with van der Waals surface area (Å²) in [5, 5.41) is 7.38. The number of aromatic nitrogens is 2. The van der Waals surface area contributed by atoms with Crippen LogP contribution in [0.3, 0.4) is 0 Å². The van der Waals surface area contributed by atoms with Gasteiger partial charge in [0, 0.05) is 18.8 Å². The normalized spacial score (nSPS) is 12.3. The van der Waals surface area contributed by atoms with Crippen molar-refractivity contribution < 1.29 is 9.13 Å². The number of anilines is 1. The molecule has 1 unspecified atom stereocenters. The first-order chi connectivity index (χ1) is 9.01. The Morgan fingerprint density at radius 3 is 2.74 bits per heavy atom. The summed E-state index contributed by atoms with van der Waals surface area (Å²) in [5.74, 6) is -0.121. The molecule has 1 aromatic heterocycles. The first-order valence-electron chi connectivity index (χ1n) is 6.10. The van der Waals surface area contributed by atoms with Gasteiger partial charge >= 0.3 is 0 Å². The highest BCUT2D eigenvalue weighted by Gasteiger charge is 2.14. The molecule has 0 spiro atoms. The summed E-state index contributed by atoms with van der Waals surface area (Å²) in [6, 6.07) is 3.34. The number of benzene rings is 1. The summed E-state index contributed by atoms with van der Waals surface area (Å²) in [6.07, 6.45) is 3.71. The smallest absolute Gasteiger partial charge is 0.177 e. The summed E-state index contributed by atoms with van der Waals surface area (Å²) < 4.78 is 20.6. The molecule has 2 rings (SSSR count). The van der Waals surface area contributed by atoms with Gasteiger partial charge in [-0.25, -0.2) is 4.39 Å². The number of hydrogen-bond acceptors (Lipinski definition) is 3. The van der Waals surface area contributed by atoms with Gasteiger partial charge in [0.05, 0.1) is 25.0 Å². The van der Waals surface area contributed by atoms with Gasteiger partial charge in [-0.05, 0) is 31.5 Å². The summed E-state index contributed by atoms with van der Waals surface area (Å²) in [6.45, 7) is 3.85. The quantitative estimate of drug-likeness (QED) is 0.921. The van der Waals surface area contributed by atoms with Gasteiger partial charge in [-0.2, -0.15) is 5.10 Å². The van der Waals surface area contributed by atoms with Crippen molar-refractivity contribution in [1.29, 1.82) is 0 Å². The highest BCUT2D eigenvalue weighted by atomic mass is 19.1. The minimum Gasteiger partial charge on any atom is -0.492 e. The van der Waals surface area contributed by atoms with Gasteiger partial charge < -0.3 is 10.1 Å². The van der Waals surface area contributed by atoms with Crippen molar-refractivity contribution in [3.05, 3.63) is 41.5 Å². The zero-order chi connectivity index (χ0) is 14.0. The molecular weight excluding hydrogens is 245 g/mol. The molecule has 0 saturated heterocycles. The number of halogens is 1. The van der Waals surface area contributed by atoms with Crippen molar-refractivity contribution >= 4 is 5.69 Å². The van der Waals surface area contributed by atoms with Crippen molar-refractivity contribution in [3.63, 3.8) is 0 Å². The number of aryl methyl sites for hydroxylation is 2. The van der Waals surface area contributed by atoms with Crippen LogP contribution in [-0.2, 0) is 7.05 Å². The van der Waals surface area contributed by atoms with E-state index in [-0.39, 0.29) is 17.6 Å².